The molecule has 0 spiro atoms. The van der Waals surface area contributed by atoms with Crippen LogP contribution in [0.1, 0.15) is 70.6 Å². The fourth-order valence-corrected chi connectivity index (χ4v) is 6.06. The highest BCUT2D eigenvalue weighted by Crippen LogP contribution is 2.54. The van der Waals surface area contributed by atoms with E-state index in [1.807, 2.05) is 60.8 Å². The molecular weight excluding hydrogens is 490 g/mol. The minimum Gasteiger partial charge on any atom is -0.487 e. The normalized spacial score (nSPS) is 20.4. The van der Waals surface area contributed by atoms with Gasteiger partial charge in [-0.05, 0) is 29.0 Å². The lowest BCUT2D eigenvalue weighted by atomic mass is 9.65. The first-order valence-electron chi connectivity index (χ1n) is 13.5. The quantitative estimate of drug-likeness (QED) is 0.393. The van der Waals surface area contributed by atoms with Crippen molar-refractivity contribution < 1.29 is 19.1 Å². The van der Waals surface area contributed by atoms with E-state index in [1.54, 1.807) is 4.68 Å². The number of nitrogens with zero attached hydrogens (tertiary/aromatic N) is 3. The van der Waals surface area contributed by atoms with Crippen molar-refractivity contribution in [3.8, 4) is 11.4 Å². The largest absolute Gasteiger partial charge is 0.487 e. The van der Waals surface area contributed by atoms with Crippen LogP contribution in [0, 0.1) is 10.8 Å². The van der Waals surface area contributed by atoms with Crippen molar-refractivity contribution in [1.29, 1.82) is 0 Å². The Labute approximate surface area is 228 Å². The van der Waals surface area contributed by atoms with Crippen molar-refractivity contribution in [2.75, 3.05) is 0 Å². The number of Topliss-reactive ketones (excluding diaryl/α,β-unsaturated/α-hetero) is 2. The molecule has 6 rings (SSSR count). The Morgan fingerprint density at radius 3 is 2.08 bits per heavy atom. The molecule has 3 aliphatic rings. The summed E-state index contributed by atoms with van der Waals surface area (Å²) in [5, 5.41) is 8.51. The Kier molecular flexibility index (Phi) is 6.05. The Balaban J connectivity index is 1.38. The second-order valence-electron chi connectivity index (χ2n) is 12.4. The van der Waals surface area contributed by atoms with E-state index in [0.29, 0.717) is 59.8 Å². The van der Waals surface area contributed by atoms with Crippen LogP contribution in [0.25, 0.3) is 5.69 Å². The lowest BCUT2D eigenvalue weighted by Gasteiger charge is -2.43. The molecule has 0 fully saturated rings. The summed E-state index contributed by atoms with van der Waals surface area (Å²) in [6.45, 7) is 8.56. The van der Waals surface area contributed by atoms with E-state index in [-0.39, 0.29) is 29.0 Å². The van der Waals surface area contributed by atoms with Gasteiger partial charge in [0.2, 0.25) is 0 Å². The van der Waals surface area contributed by atoms with Gasteiger partial charge in [0, 0.05) is 42.4 Å². The molecule has 0 saturated heterocycles. The van der Waals surface area contributed by atoms with Crippen LogP contribution in [0.5, 0.6) is 5.75 Å². The summed E-state index contributed by atoms with van der Waals surface area (Å²) in [7, 11) is 0. The molecule has 2 aromatic carbocycles. The smallest absolute Gasteiger partial charge is 0.163 e. The van der Waals surface area contributed by atoms with Crippen molar-refractivity contribution in [2.45, 2.75) is 65.9 Å². The van der Waals surface area contributed by atoms with Gasteiger partial charge in [0.15, 0.2) is 11.6 Å². The summed E-state index contributed by atoms with van der Waals surface area (Å²) < 4.78 is 14.5. The molecular formula is C32H33N3O4. The predicted molar refractivity (Wildman–Crippen MR) is 146 cm³/mol. The number of carbonyl (C=O) groups is 2. The van der Waals surface area contributed by atoms with E-state index in [1.165, 1.54) is 0 Å². The molecule has 0 atom stereocenters. The summed E-state index contributed by atoms with van der Waals surface area (Å²) in [6.07, 6.45) is 3.98. The highest BCUT2D eigenvalue weighted by molar-refractivity contribution is 6.06. The van der Waals surface area contributed by atoms with Crippen molar-refractivity contribution in [1.82, 2.24) is 15.0 Å². The third-order valence-electron chi connectivity index (χ3n) is 7.75. The van der Waals surface area contributed by atoms with E-state index in [9.17, 15) is 9.59 Å². The van der Waals surface area contributed by atoms with Gasteiger partial charge in [-0.2, -0.15) is 0 Å². The van der Waals surface area contributed by atoms with Crippen LogP contribution in [0.15, 0.2) is 83.5 Å². The molecule has 7 nitrogen and oxygen atoms in total. The van der Waals surface area contributed by atoms with Gasteiger partial charge in [-0.25, -0.2) is 4.68 Å². The third-order valence-corrected chi connectivity index (χ3v) is 7.75. The second kappa shape index (κ2) is 9.33. The predicted octanol–water partition coefficient (Wildman–Crippen LogP) is 6.25. The summed E-state index contributed by atoms with van der Waals surface area (Å²) in [5.41, 5.74) is 3.19. The number of allylic oxidation sites excluding steroid dienone is 4. The molecule has 0 N–H and O–H groups in total. The number of ether oxygens (including phenoxy) is 2. The third kappa shape index (κ3) is 4.82. The van der Waals surface area contributed by atoms with Crippen LogP contribution in [-0.4, -0.2) is 26.6 Å². The van der Waals surface area contributed by atoms with Crippen molar-refractivity contribution in [3.05, 3.63) is 94.7 Å². The molecule has 3 aromatic rings. The van der Waals surface area contributed by atoms with Crippen LogP contribution >= 0.6 is 0 Å². The summed E-state index contributed by atoms with van der Waals surface area (Å²) in [6, 6.07) is 17.5. The number of para-hydroxylation sites is 2. The first-order valence-corrected chi connectivity index (χ1v) is 13.5. The molecule has 1 aromatic heterocycles. The molecule has 2 heterocycles. The van der Waals surface area contributed by atoms with Crippen molar-refractivity contribution in [2.24, 2.45) is 10.8 Å². The van der Waals surface area contributed by atoms with Crippen LogP contribution in [0.3, 0.4) is 0 Å². The van der Waals surface area contributed by atoms with Crippen LogP contribution in [0.4, 0.5) is 0 Å². The number of benzene rings is 2. The fraction of sp³-hybridized carbons (Fsp3) is 0.375. The van der Waals surface area contributed by atoms with Crippen LogP contribution in [-0.2, 0) is 20.9 Å². The Bertz CT molecular complexity index is 1480. The highest BCUT2D eigenvalue weighted by Gasteiger charge is 2.48. The van der Waals surface area contributed by atoms with Gasteiger partial charge in [0.1, 0.15) is 29.6 Å². The van der Waals surface area contributed by atoms with Gasteiger partial charge in [-0.3, -0.25) is 9.59 Å². The number of hydrogen-bond acceptors (Lipinski definition) is 6. The van der Waals surface area contributed by atoms with Gasteiger partial charge in [-0.15, -0.1) is 5.10 Å². The Morgan fingerprint density at radius 2 is 1.44 bits per heavy atom. The second-order valence-corrected chi connectivity index (χ2v) is 12.4. The minimum atomic E-state index is -0.507. The fourth-order valence-electron chi connectivity index (χ4n) is 6.06. The standard InChI is InChI=1S/C32H33N3O4/c1-31(2)14-23(36)29-26(16-31)39-27-17-32(3,4)15-24(37)30(27)28(29)22-12-8-9-13-25(22)38-19-20-18-35(34-33-20)21-10-6-5-7-11-21/h5-13,18,28H,14-17,19H2,1-4H3. The van der Waals surface area contributed by atoms with Crippen LogP contribution < -0.4 is 4.74 Å². The molecule has 0 bridgehead atoms. The Morgan fingerprint density at radius 1 is 0.846 bits per heavy atom. The summed E-state index contributed by atoms with van der Waals surface area (Å²) in [5.74, 6) is 1.59. The van der Waals surface area contributed by atoms with Gasteiger partial charge in [0.05, 0.1) is 17.8 Å². The average molecular weight is 524 g/mol. The molecule has 0 amide bonds. The SMILES string of the molecule is CC1(C)CC(=O)C2=C(C1)OC1=C(C(=O)CC(C)(C)C1)C2c1ccccc1OCc1cn(-c2ccccc2)nn1. The molecule has 0 unspecified atom stereocenters. The molecule has 7 heteroatoms. The number of rotatable bonds is 5. The van der Waals surface area contributed by atoms with Crippen molar-refractivity contribution >= 4 is 11.6 Å². The molecule has 0 radical (unpaired) electrons. The summed E-state index contributed by atoms with van der Waals surface area (Å²) >= 11 is 0. The highest BCUT2D eigenvalue weighted by atomic mass is 16.5. The molecule has 39 heavy (non-hydrogen) atoms. The van der Waals surface area contributed by atoms with E-state index in [4.69, 9.17) is 9.47 Å². The molecule has 1 aliphatic heterocycles. The van der Waals surface area contributed by atoms with Gasteiger partial charge < -0.3 is 9.47 Å². The summed E-state index contributed by atoms with van der Waals surface area (Å²) in [4.78, 5) is 27.3. The van der Waals surface area contributed by atoms with Gasteiger partial charge in [0.25, 0.3) is 0 Å². The van der Waals surface area contributed by atoms with Crippen molar-refractivity contribution in [3.63, 3.8) is 0 Å². The number of hydrogen-bond donors (Lipinski definition) is 0. The first-order chi connectivity index (χ1) is 18.6. The topological polar surface area (TPSA) is 83.3 Å². The van der Waals surface area contributed by atoms with Crippen LogP contribution in [0.2, 0.25) is 0 Å². The zero-order valence-corrected chi connectivity index (χ0v) is 22.9. The maximum absolute atomic E-state index is 13.6. The zero-order chi connectivity index (χ0) is 27.4. The number of carbonyl (C=O) groups excluding carboxylic acids is 2. The Hall–Kier alpha value is -4.00. The maximum atomic E-state index is 13.6. The lowest BCUT2D eigenvalue weighted by Crippen LogP contribution is -2.37. The number of ketones is 2. The monoisotopic (exact) mass is 523 g/mol. The van der Waals surface area contributed by atoms with E-state index in [0.717, 1.165) is 11.3 Å². The van der Waals surface area contributed by atoms with E-state index in [2.05, 4.69) is 38.0 Å². The average Bonchev–Trinajstić information content (AvgIpc) is 3.35. The molecule has 200 valence electrons. The molecule has 2 aliphatic carbocycles. The first kappa shape index (κ1) is 25.3. The molecule has 0 saturated carbocycles. The lowest BCUT2D eigenvalue weighted by molar-refractivity contribution is -0.120. The van der Waals surface area contributed by atoms with Gasteiger partial charge >= 0.3 is 0 Å². The number of aromatic nitrogens is 3. The zero-order valence-electron chi connectivity index (χ0n) is 22.9. The maximum Gasteiger partial charge on any atom is 0.163 e. The minimum absolute atomic E-state index is 0.0380. The van der Waals surface area contributed by atoms with E-state index >= 15 is 0 Å². The van der Waals surface area contributed by atoms with Gasteiger partial charge in [-0.1, -0.05) is 69.3 Å². The van der Waals surface area contributed by atoms with E-state index < -0.39 is 5.92 Å².